The van der Waals surface area contributed by atoms with E-state index in [2.05, 4.69) is 30.6 Å². The average molecular weight is 416 g/mol. The highest BCUT2D eigenvalue weighted by Gasteiger charge is 2.52. The quantitative estimate of drug-likeness (QED) is 0.438. The average Bonchev–Trinajstić information content (AvgIpc) is 3.70. The highest BCUT2D eigenvalue weighted by atomic mass is 16.1. The number of aromatic nitrogens is 4. The Hall–Kier alpha value is -3.59. The summed E-state index contributed by atoms with van der Waals surface area (Å²) in [5.74, 6) is 1.33. The zero-order valence-corrected chi connectivity index (χ0v) is 17.0. The predicted molar refractivity (Wildman–Crippen MR) is 118 cm³/mol. The molecule has 2 aromatic heterocycles. The number of hydrogen-bond acceptors (Lipinski definition) is 8. The first-order valence-corrected chi connectivity index (χ1v) is 10.4. The standard InChI is InChI=1S/C22H24N8O/c23-18(31)16-12-27-21(29-17(13-5-6-13)22(24)7-8-22)30-20(16)28-15-4-1-3-14(11-15)19-25-9-2-10-26-19/h1-4,9-13,17H,5-8,24H2,(H2,23,31)(H2,27,28,29,30)/t17-/m1/s1. The van der Waals surface area contributed by atoms with E-state index in [1.165, 1.54) is 6.20 Å². The lowest BCUT2D eigenvalue weighted by atomic mass is 10.0. The molecule has 1 amide bonds. The van der Waals surface area contributed by atoms with E-state index in [9.17, 15) is 4.79 Å². The van der Waals surface area contributed by atoms with Gasteiger partial charge in [0.2, 0.25) is 5.95 Å². The predicted octanol–water partition coefficient (Wildman–Crippen LogP) is 2.46. The van der Waals surface area contributed by atoms with Crippen molar-refractivity contribution >= 4 is 23.4 Å². The Morgan fingerprint density at radius 3 is 2.58 bits per heavy atom. The summed E-state index contributed by atoms with van der Waals surface area (Å²) in [6.45, 7) is 0. The molecule has 2 saturated carbocycles. The summed E-state index contributed by atoms with van der Waals surface area (Å²) in [7, 11) is 0. The van der Waals surface area contributed by atoms with Gasteiger partial charge in [0.25, 0.3) is 5.91 Å². The number of carbonyl (C=O) groups is 1. The number of rotatable bonds is 8. The molecule has 158 valence electrons. The highest BCUT2D eigenvalue weighted by molar-refractivity contribution is 5.98. The van der Waals surface area contributed by atoms with Crippen molar-refractivity contribution in [1.29, 1.82) is 0 Å². The van der Waals surface area contributed by atoms with Crippen molar-refractivity contribution in [3.8, 4) is 11.4 Å². The number of nitrogens with two attached hydrogens (primary N) is 2. The molecule has 0 aliphatic heterocycles. The number of primary amides is 1. The number of benzene rings is 1. The summed E-state index contributed by atoms with van der Waals surface area (Å²) in [6, 6.07) is 9.46. The molecule has 0 spiro atoms. The Morgan fingerprint density at radius 2 is 1.90 bits per heavy atom. The van der Waals surface area contributed by atoms with Gasteiger partial charge >= 0.3 is 0 Å². The van der Waals surface area contributed by atoms with Crippen LogP contribution >= 0.6 is 0 Å². The first-order chi connectivity index (χ1) is 15.0. The monoisotopic (exact) mass is 416 g/mol. The summed E-state index contributed by atoms with van der Waals surface area (Å²) in [5, 5.41) is 6.61. The first-order valence-electron chi connectivity index (χ1n) is 10.4. The Kier molecular flexibility index (Phi) is 4.74. The normalized spacial score (nSPS) is 17.6. The maximum absolute atomic E-state index is 12.0. The lowest BCUT2D eigenvalue weighted by Gasteiger charge is -2.25. The van der Waals surface area contributed by atoms with E-state index in [1.807, 2.05) is 24.3 Å². The third-order valence-corrected chi connectivity index (χ3v) is 5.83. The minimum Gasteiger partial charge on any atom is -0.365 e. The summed E-state index contributed by atoms with van der Waals surface area (Å²) in [5.41, 5.74) is 13.6. The zero-order valence-electron chi connectivity index (χ0n) is 17.0. The van der Waals surface area contributed by atoms with Crippen LogP contribution in [-0.4, -0.2) is 37.4 Å². The van der Waals surface area contributed by atoms with Crippen LogP contribution in [0.5, 0.6) is 0 Å². The minimum atomic E-state index is -0.604. The van der Waals surface area contributed by atoms with Crippen molar-refractivity contribution in [2.24, 2.45) is 17.4 Å². The van der Waals surface area contributed by atoms with E-state index in [0.717, 1.165) is 36.9 Å². The van der Waals surface area contributed by atoms with Crippen LogP contribution in [0, 0.1) is 5.92 Å². The molecule has 9 heteroatoms. The molecule has 6 N–H and O–H groups in total. The molecule has 2 aliphatic carbocycles. The molecule has 5 rings (SSSR count). The van der Waals surface area contributed by atoms with Crippen LogP contribution in [-0.2, 0) is 0 Å². The molecule has 0 bridgehead atoms. The SMILES string of the molecule is NC(=O)c1cnc(N[C@H](C2CC2)C2(N)CC2)nc1Nc1cccc(-c2ncccn2)c1. The largest absolute Gasteiger partial charge is 0.365 e. The number of nitrogens with zero attached hydrogens (tertiary/aromatic N) is 4. The van der Waals surface area contributed by atoms with Crippen molar-refractivity contribution in [2.45, 2.75) is 37.3 Å². The van der Waals surface area contributed by atoms with E-state index >= 15 is 0 Å². The van der Waals surface area contributed by atoms with Crippen LogP contribution in [0.15, 0.2) is 48.9 Å². The smallest absolute Gasteiger partial charge is 0.254 e. The van der Waals surface area contributed by atoms with Crippen molar-refractivity contribution in [1.82, 2.24) is 19.9 Å². The molecule has 9 nitrogen and oxygen atoms in total. The fourth-order valence-corrected chi connectivity index (χ4v) is 3.80. The maximum Gasteiger partial charge on any atom is 0.254 e. The molecular weight excluding hydrogens is 392 g/mol. The van der Waals surface area contributed by atoms with E-state index in [1.54, 1.807) is 18.5 Å². The molecule has 2 fully saturated rings. The summed E-state index contributed by atoms with van der Waals surface area (Å²) < 4.78 is 0. The molecule has 2 aliphatic rings. The van der Waals surface area contributed by atoms with Gasteiger partial charge in [0.05, 0.1) is 0 Å². The maximum atomic E-state index is 12.0. The molecule has 3 aromatic rings. The van der Waals surface area contributed by atoms with Crippen molar-refractivity contribution in [2.75, 3.05) is 10.6 Å². The molecule has 0 saturated heterocycles. The molecule has 1 atom stereocenters. The fourth-order valence-electron chi connectivity index (χ4n) is 3.80. The molecule has 31 heavy (non-hydrogen) atoms. The number of amides is 1. The summed E-state index contributed by atoms with van der Waals surface area (Å²) in [4.78, 5) is 29.4. The first kappa shape index (κ1) is 19.4. The van der Waals surface area contributed by atoms with Gasteiger partial charge < -0.3 is 22.1 Å². The number of anilines is 3. The third kappa shape index (κ3) is 4.17. The molecule has 1 aromatic carbocycles. The van der Waals surface area contributed by atoms with Crippen LogP contribution in [0.2, 0.25) is 0 Å². The van der Waals surface area contributed by atoms with Gasteiger partial charge in [0.1, 0.15) is 11.4 Å². The van der Waals surface area contributed by atoms with E-state index in [-0.39, 0.29) is 17.1 Å². The fraction of sp³-hybridized carbons (Fsp3) is 0.318. The molecule has 0 unspecified atom stereocenters. The van der Waals surface area contributed by atoms with Crippen molar-refractivity contribution in [3.05, 3.63) is 54.5 Å². The van der Waals surface area contributed by atoms with Gasteiger partial charge in [-0.1, -0.05) is 12.1 Å². The van der Waals surface area contributed by atoms with Crippen molar-refractivity contribution < 1.29 is 4.79 Å². The Bertz CT molecular complexity index is 1110. The second-order valence-corrected chi connectivity index (χ2v) is 8.29. The third-order valence-electron chi connectivity index (χ3n) is 5.83. The highest BCUT2D eigenvalue weighted by Crippen LogP contribution is 2.47. The second kappa shape index (κ2) is 7.59. The van der Waals surface area contributed by atoms with Gasteiger partial charge in [-0.05, 0) is 49.8 Å². The van der Waals surface area contributed by atoms with Crippen molar-refractivity contribution in [3.63, 3.8) is 0 Å². The second-order valence-electron chi connectivity index (χ2n) is 8.29. The van der Waals surface area contributed by atoms with Gasteiger partial charge in [-0.2, -0.15) is 4.98 Å². The van der Waals surface area contributed by atoms with E-state index in [4.69, 9.17) is 11.5 Å². The van der Waals surface area contributed by atoms with Gasteiger partial charge in [-0.25, -0.2) is 15.0 Å². The van der Waals surface area contributed by atoms with Gasteiger partial charge in [-0.3, -0.25) is 4.79 Å². The lowest BCUT2D eigenvalue weighted by Crippen LogP contribution is -2.44. The van der Waals surface area contributed by atoms with Crippen LogP contribution in [0.3, 0.4) is 0 Å². The number of nitrogens with one attached hydrogen (secondary N) is 2. The van der Waals surface area contributed by atoms with Crippen LogP contribution < -0.4 is 22.1 Å². The Labute approximate surface area is 179 Å². The molecule has 2 heterocycles. The topological polar surface area (TPSA) is 145 Å². The van der Waals surface area contributed by atoms with Crippen LogP contribution in [0.4, 0.5) is 17.5 Å². The summed E-state index contributed by atoms with van der Waals surface area (Å²) >= 11 is 0. The van der Waals surface area contributed by atoms with Gasteiger partial charge in [0.15, 0.2) is 5.82 Å². The van der Waals surface area contributed by atoms with E-state index < -0.39 is 5.91 Å². The summed E-state index contributed by atoms with van der Waals surface area (Å²) in [6.07, 6.45) is 9.15. The van der Waals surface area contributed by atoms with Gasteiger partial charge in [-0.15, -0.1) is 0 Å². The minimum absolute atomic E-state index is 0.137. The number of hydrogen-bond donors (Lipinski definition) is 4. The van der Waals surface area contributed by atoms with Crippen LogP contribution in [0.1, 0.15) is 36.0 Å². The lowest BCUT2D eigenvalue weighted by molar-refractivity contribution is 0.100. The van der Waals surface area contributed by atoms with E-state index in [0.29, 0.717) is 23.5 Å². The molecule has 0 radical (unpaired) electrons. The van der Waals surface area contributed by atoms with Crippen LogP contribution in [0.25, 0.3) is 11.4 Å². The molecular formula is C22H24N8O. The zero-order chi connectivity index (χ0) is 21.4. The Balaban J connectivity index is 1.43. The number of carbonyl (C=O) groups excluding carboxylic acids is 1. The van der Waals surface area contributed by atoms with Gasteiger partial charge in [0, 0.05) is 41.4 Å². The Morgan fingerprint density at radius 1 is 1.13 bits per heavy atom.